The summed E-state index contributed by atoms with van der Waals surface area (Å²) in [6, 6.07) is 33.1. The first-order valence-electron chi connectivity index (χ1n) is 10.3. The van der Waals surface area contributed by atoms with Crippen LogP contribution in [0.2, 0.25) is 0 Å². The van der Waals surface area contributed by atoms with Crippen LogP contribution in [0.15, 0.2) is 103 Å². The molecule has 0 bridgehead atoms. The fourth-order valence-corrected chi connectivity index (χ4v) is 3.07. The van der Waals surface area contributed by atoms with E-state index in [9.17, 15) is 0 Å². The van der Waals surface area contributed by atoms with Gasteiger partial charge < -0.3 is 14.2 Å². The van der Waals surface area contributed by atoms with E-state index in [1.165, 1.54) is 5.56 Å². The normalized spacial score (nSPS) is 11.1. The molecule has 0 heterocycles. The summed E-state index contributed by atoms with van der Waals surface area (Å²) in [7, 11) is 0. The largest absolute Gasteiger partial charge is 0.457 e. The van der Waals surface area contributed by atoms with E-state index >= 15 is 0 Å². The van der Waals surface area contributed by atoms with Crippen LogP contribution in [0, 0.1) is 0 Å². The molecule has 0 aliphatic rings. The van der Waals surface area contributed by atoms with Gasteiger partial charge in [0.2, 0.25) is 0 Å². The summed E-state index contributed by atoms with van der Waals surface area (Å²) < 4.78 is 17.7. The Bertz CT molecular complexity index is 1090. The van der Waals surface area contributed by atoms with Crippen LogP contribution in [0.3, 0.4) is 0 Å². The zero-order valence-electron chi connectivity index (χ0n) is 18.0. The van der Waals surface area contributed by atoms with Gasteiger partial charge in [0.15, 0.2) is 0 Å². The molecule has 3 nitrogen and oxygen atoms in total. The molecule has 4 rings (SSSR count). The zero-order chi connectivity index (χ0) is 21.7. The summed E-state index contributed by atoms with van der Waals surface area (Å²) in [5.74, 6) is 4.64. The van der Waals surface area contributed by atoms with Crippen molar-refractivity contribution in [2.45, 2.75) is 26.2 Å². The molecule has 0 spiro atoms. The summed E-state index contributed by atoms with van der Waals surface area (Å²) >= 11 is 0. The fourth-order valence-electron chi connectivity index (χ4n) is 3.07. The topological polar surface area (TPSA) is 27.7 Å². The maximum Gasteiger partial charge on any atom is 0.127 e. The van der Waals surface area contributed by atoms with Gasteiger partial charge in [-0.3, -0.25) is 0 Å². The lowest BCUT2D eigenvalue weighted by Crippen LogP contribution is -2.10. The minimum Gasteiger partial charge on any atom is -0.457 e. The lowest BCUT2D eigenvalue weighted by molar-refractivity contribution is 0.464. The minimum absolute atomic E-state index is 0.128. The lowest BCUT2D eigenvalue weighted by Gasteiger charge is -2.19. The van der Waals surface area contributed by atoms with Gasteiger partial charge in [0.25, 0.3) is 0 Å². The lowest BCUT2D eigenvalue weighted by atomic mass is 9.87. The molecular formula is C28H26O3. The van der Waals surface area contributed by atoms with Crippen molar-refractivity contribution >= 4 is 0 Å². The Morgan fingerprint density at radius 2 is 0.677 bits per heavy atom. The third kappa shape index (κ3) is 5.67. The van der Waals surface area contributed by atoms with Crippen molar-refractivity contribution in [1.29, 1.82) is 0 Å². The van der Waals surface area contributed by atoms with Gasteiger partial charge in [-0.05, 0) is 83.8 Å². The fraction of sp³-hybridized carbons (Fsp3) is 0.143. The Labute approximate surface area is 183 Å². The van der Waals surface area contributed by atoms with E-state index in [1.54, 1.807) is 0 Å². The molecule has 156 valence electrons. The standard InChI is InChI=1S/C28H26O3/c1-28(2,3)21-9-11-23(12-10-21)30-25-17-19-27(20-18-25)31-26-15-13-24(14-16-26)29-22-7-5-4-6-8-22/h4-20H,1-3H3. The molecule has 0 amide bonds. The van der Waals surface area contributed by atoms with Gasteiger partial charge in [-0.1, -0.05) is 51.1 Å². The Balaban J connectivity index is 1.35. The van der Waals surface area contributed by atoms with Crippen LogP contribution in [-0.2, 0) is 5.41 Å². The number of para-hydroxylation sites is 1. The first-order chi connectivity index (χ1) is 15.0. The summed E-state index contributed by atoms with van der Waals surface area (Å²) in [6.45, 7) is 6.60. The van der Waals surface area contributed by atoms with Gasteiger partial charge in [-0.2, -0.15) is 0 Å². The molecule has 0 aromatic heterocycles. The third-order valence-electron chi connectivity index (χ3n) is 4.82. The van der Waals surface area contributed by atoms with Crippen LogP contribution in [0.5, 0.6) is 34.5 Å². The van der Waals surface area contributed by atoms with E-state index in [0.717, 1.165) is 34.5 Å². The molecule has 31 heavy (non-hydrogen) atoms. The van der Waals surface area contributed by atoms with Crippen molar-refractivity contribution in [3.63, 3.8) is 0 Å². The van der Waals surface area contributed by atoms with Crippen molar-refractivity contribution in [3.05, 3.63) is 109 Å². The zero-order valence-corrected chi connectivity index (χ0v) is 18.0. The van der Waals surface area contributed by atoms with Gasteiger partial charge in [0.1, 0.15) is 34.5 Å². The predicted molar refractivity (Wildman–Crippen MR) is 125 cm³/mol. The second kappa shape index (κ2) is 8.97. The number of rotatable bonds is 6. The Morgan fingerprint density at radius 1 is 0.387 bits per heavy atom. The van der Waals surface area contributed by atoms with Crippen molar-refractivity contribution < 1.29 is 14.2 Å². The Hall–Kier alpha value is -3.72. The van der Waals surface area contributed by atoms with E-state index in [2.05, 4.69) is 32.9 Å². The smallest absolute Gasteiger partial charge is 0.127 e. The average Bonchev–Trinajstić information content (AvgIpc) is 2.77. The highest BCUT2D eigenvalue weighted by atomic mass is 16.5. The predicted octanol–water partition coefficient (Wildman–Crippen LogP) is 8.36. The van der Waals surface area contributed by atoms with Crippen molar-refractivity contribution in [2.75, 3.05) is 0 Å². The molecule has 0 N–H and O–H groups in total. The number of benzene rings is 4. The van der Waals surface area contributed by atoms with Crippen molar-refractivity contribution in [3.8, 4) is 34.5 Å². The maximum atomic E-state index is 5.95. The average molecular weight is 411 g/mol. The molecule has 0 fully saturated rings. The molecule has 4 aromatic rings. The summed E-state index contributed by atoms with van der Waals surface area (Å²) in [5, 5.41) is 0. The van der Waals surface area contributed by atoms with Gasteiger partial charge in [0.05, 0.1) is 0 Å². The molecule has 0 unspecified atom stereocenters. The van der Waals surface area contributed by atoms with Crippen LogP contribution in [0.4, 0.5) is 0 Å². The van der Waals surface area contributed by atoms with Crippen LogP contribution in [0.25, 0.3) is 0 Å². The van der Waals surface area contributed by atoms with Crippen molar-refractivity contribution in [2.24, 2.45) is 0 Å². The molecular weight excluding hydrogens is 384 g/mol. The van der Waals surface area contributed by atoms with Crippen LogP contribution >= 0.6 is 0 Å². The number of hydrogen-bond acceptors (Lipinski definition) is 3. The Kier molecular flexibility index (Phi) is 5.94. The molecule has 3 heteroatoms. The monoisotopic (exact) mass is 410 g/mol. The van der Waals surface area contributed by atoms with Crippen molar-refractivity contribution in [1.82, 2.24) is 0 Å². The highest BCUT2D eigenvalue weighted by Gasteiger charge is 2.13. The van der Waals surface area contributed by atoms with Gasteiger partial charge in [0, 0.05) is 0 Å². The highest BCUT2D eigenvalue weighted by Crippen LogP contribution is 2.30. The summed E-state index contributed by atoms with van der Waals surface area (Å²) in [6.07, 6.45) is 0. The number of hydrogen-bond donors (Lipinski definition) is 0. The molecule has 0 saturated carbocycles. The van der Waals surface area contributed by atoms with E-state index < -0.39 is 0 Å². The van der Waals surface area contributed by atoms with E-state index in [1.807, 2.05) is 91.0 Å². The van der Waals surface area contributed by atoms with Crippen LogP contribution < -0.4 is 14.2 Å². The van der Waals surface area contributed by atoms with E-state index in [0.29, 0.717) is 0 Å². The third-order valence-corrected chi connectivity index (χ3v) is 4.82. The van der Waals surface area contributed by atoms with Crippen LogP contribution in [0.1, 0.15) is 26.3 Å². The molecule has 0 saturated heterocycles. The highest BCUT2D eigenvalue weighted by molar-refractivity contribution is 5.40. The summed E-state index contributed by atoms with van der Waals surface area (Å²) in [5.41, 5.74) is 1.41. The molecule has 4 aromatic carbocycles. The number of ether oxygens (including phenoxy) is 3. The molecule has 0 atom stereocenters. The van der Waals surface area contributed by atoms with E-state index in [-0.39, 0.29) is 5.41 Å². The first kappa shape index (κ1) is 20.5. The summed E-state index contributed by atoms with van der Waals surface area (Å²) in [4.78, 5) is 0. The molecule has 0 aliphatic carbocycles. The molecule has 0 aliphatic heterocycles. The SMILES string of the molecule is CC(C)(C)c1ccc(Oc2ccc(Oc3ccc(Oc4ccccc4)cc3)cc2)cc1. The van der Waals surface area contributed by atoms with Gasteiger partial charge in [-0.25, -0.2) is 0 Å². The van der Waals surface area contributed by atoms with Gasteiger partial charge in [-0.15, -0.1) is 0 Å². The second-order valence-electron chi connectivity index (χ2n) is 8.34. The maximum absolute atomic E-state index is 5.95. The minimum atomic E-state index is 0.128. The second-order valence-corrected chi connectivity index (χ2v) is 8.34. The van der Waals surface area contributed by atoms with Gasteiger partial charge >= 0.3 is 0 Å². The quantitative estimate of drug-likeness (QED) is 0.319. The molecule has 0 radical (unpaired) electrons. The first-order valence-corrected chi connectivity index (χ1v) is 10.3. The van der Waals surface area contributed by atoms with Crippen LogP contribution in [-0.4, -0.2) is 0 Å². The Morgan fingerprint density at radius 3 is 1.00 bits per heavy atom. The van der Waals surface area contributed by atoms with E-state index in [4.69, 9.17) is 14.2 Å².